The normalized spacial score (nSPS) is 13.8. The van der Waals surface area contributed by atoms with E-state index >= 15 is 0 Å². The number of hydrogen-bond donors (Lipinski definition) is 1. The van der Waals surface area contributed by atoms with Gasteiger partial charge in [0.25, 0.3) is 0 Å². The zero-order valence-corrected chi connectivity index (χ0v) is 12.5. The lowest BCUT2D eigenvalue weighted by molar-refractivity contribution is -0.147. The van der Waals surface area contributed by atoms with Crippen LogP contribution in [0, 0.1) is 22.7 Å². The molecule has 0 aromatic heterocycles. The van der Waals surface area contributed by atoms with Gasteiger partial charge in [-0.15, -0.1) is 0 Å². The Morgan fingerprint density at radius 3 is 2.77 bits per heavy atom. The zero-order valence-electron chi connectivity index (χ0n) is 12.5. The fourth-order valence-electron chi connectivity index (χ4n) is 2.60. The second kappa shape index (κ2) is 6.99. The molecule has 0 heterocycles. The van der Waals surface area contributed by atoms with Crippen LogP contribution in [0.2, 0.25) is 0 Å². The molecular formula is C17H18N2O3. The largest absolute Gasteiger partial charge is 0.457 e. The fourth-order valence-corrected chi connectivity index (χ4v) is 2.60. The summed E-state index contributed by atoms with van der Waals surface area (Å²) in [5.41, 5.74) is 3.45. The monoisotopic (exact) mass is 298 g/mol. The van der Waals surface area contributed by atoms with Gasteiger partial charge in [-0.3, -0.25) is 9.59 Å². The number of carbonyl (C=O) groups is 2. The highest BCUT2D eigenvalue weighted by Gasteiger charge is 2.21. The lowest BCUT2D eigenvalue weighted by atomic mass is 10.0. The van der Waals surface area contributed by atoms with Crippen molar-refractivity contribution in [3.05, 3.63) is 34.9 Å². The number of benzene rings is 1. The molecule has 0 radical (unpaired) electrons. The van der Waals surface area contributed by atoms with Gasteiger partial charge in [0, 0.05) is 5.71 Å². The van der Waals surface area contributed by atoms with Gasteiger partial charge in [-0.05, 0) is 42.9 Å². The first-order valence-corrected chi connectivity index (χ1v) is 7.25. The van der Waals surface area contributed by atoms with Crippen LogP contribution >= 0.6 is 0 Å². The number of hydrogen-bond acceptors (Lipinski definition) is 5. The summed E-state index contributed by atoms with van der Waals surface area (Å²) >= 11 is 0. The minimum atomic E-state index is -1.13. The summed E-state index contributed by atoms with van der Waals surface area (Å²) in [6.07, 6.45) is 3.39. The van der Waals surface area contributed by atoms with Gasteiger partial charge in [-0.25, -0.2) is 0 Å². The van der Waals surface area contributed by atoms with Gasteiger partial charge in [0.2, 0.25) is 0 Å². The lowest BCUT2D eigenvalue weighted by Gasteiger charge is -2.08. The second-order valence-electron chi connectivity index (χ2n) is 5.51. The van der Waals surface area contributed by atoms with E-state index < -0.39 is 24.3 Å². The van der Waals surface area contributed by atoms with E-state index in [1.54, 1.807) is 6.07 Å². The minimum Gasteiger partial charge on any atom is -0.457 e. The van der Waals surface area contributed by atoms with Crippen LogP contribution in [0.3, 0.4) is 0 Å². The summed E-state index contributed by atoms with van der Waals surface area (Å²) in [6, 6.07) is 7.71. The maximum Gasteiger partial charge on any atom is 0.310 e. The van der Waals surface area contributed by atoms with Crippen LogP contribution in [0.5, 0.6) is 0 Å². The van der Waals surface area contributed by atoms with Crippen molar-refractivity contribution in [3.8, 4) is 6.07 Å². The number of nitrogens with one attached hydrogen (secondary N) is 1. The Balaban J connectivity index is 1.87. The molecule has 2 rings (SSSR count). The zero-order chi connectivity index (χ0) is 16.1. The number of Topliss-reactive ketones (excluding diaryl/α,β-unsaturated/α-hetero) is 1. The predicted molar refractivity (Wildman–Crippen MR) is 80.6 cm³/mol. The Kier molecular flexibility index (Phi) is 5.05. The first-order chi connectivity index (χ1) is 10.5. The Labute approximate surface area is 129 Å². The summed E-state index contributed by atoms with van der Waals surface area (Å²) in [4.78, 5) is 23.5. The minimum absolute atomic E-state index is 0.0397. The maximum absolute atomic E-state index is 11.8. The molecule has 5 nitrogen and oxygen atoms in total. The van der Waals surface area contributed by atoms with Crippen LogP contribution in [0.25, 0.3) is 0 Å². The van der Waals surface area contributed by atoms with Crippen molar-refractivity contribution in [3.63, 3.8) is 0 Å². The third-order valence-corrected chi connectivity index (χ3v) is 3.77. The smallest absolute Gasteiger partial charge is 0.310 e. The Morgan fingerprint density at radius 1 is 1.36 bits per heavy atom. The van der Waals surface area contributed by atoms with Crippen molar-refractivity contribution in [1.29, 1.82) is 10.7 Å². The molecule has 0 aliphatic heterocycles. The van der Waals surface area contributed by atoms with Crippen LogP contribution in [-0.4, -0.2) is 24.1 Å². The molecule has 1 N–H and O–H groups in total. The first kappa shape index (κ1) is 15.9. The number of rotatable bonds is 6. The summed E-state index contributed by atoms with van der Waals surface area (Å²) in [5, 5.41) is 16.1. The van der Waals surface area contributed by atoms with Gasteiger partial charge in [0.05, 0.1) is 12.5 Å². The number of aryl methyl sites for hydroxylation is 2. The maximum atomic E-state index is 11.8. The van der Waals surface area contributed by atoms with Crippen molar-refractivity contribution in [2.75, 3.05) is 6.61 Å². The molecule has 1 aliphatic rings. The van der Waals surface area contributed by atoms with Gasteiger partial charge in [-0.2, -0.15) is 5.26 Å². The van der Waals surface area contributed by atoms with E-state index in [9.17, 15) is 9.59 Å². The molecule has 1 aliphatic carbocycles. The number of nitriles is 1. The highest BCUT2D eigenvalue weighted by atomic mass is 16.5. The first-order valence-electron chi connectivity index (χ1n) is 7.25. The standard InChI is InChI=1S/C17H18N2O3/c1-11(19)15(9-18)16(20)10-22-17(21)8-12-5-6-13-3-2-4-14(13)7-12/h5-7,15,19H,2-4,8,10H2,1H3. The van der Waals surface area contributed by atoms with Gasteiger partial charge in [0.1, 0.15) is 5.92 Å². The molecule has 22 heavy (non-hydrogen) atoms. The number of fused-ring (bicyclic) bond motifs is 1. The number of ether oxygens (including phenoxy) is 1. The average Bonchev–Trinajstić information content (AvgIpc) is 2.93. The van der Waals surface area contributed by atoms with Crippen molar-refractivity contribution in [2.45, 2.75) is 32.6 Å². The van der Waals surface area contributed by atoms with Crippen LogP contribution in [0.15, 0.2) is 18.2 Å². The molecule has 0 bridgehead atoms. The molecule has 1 aromatic carbocycles. The third-order valence-electron chi connectivity index (χ3n) is 3.77. The van der Waals surface area contributed by atoms with E-state index in [1.807, 2.05) is 18.2 Å². The fraction of sp³-hybridized carbons (Fsp3) is 0.412. The number of carbonyl (C=O) groups excluding carboxylic acids is 2. The molecule has 0 fully saturated rings. The molecule has 1 atom stereocenters. The van der Waals surface area contributed by atoms with Gasteiger partial charge >= 0.3 is 5.97 Å². The number of esters is 1. The topological polar surface area (TPSA) is 91.0 Å². The quantitative estimate of drug-likeness (QED) is 0.642. The van der Waals surface area contributed by atoms with Gasteiger partial charge in [-0.1, -0.05) is 18.2 Å². The third kappa shape index (κ3) is 3.79. The van der Waals surface area contributed by atoms with Gasteiger partial charge in [0.15, 0.2) is 12.4 Å². The van der Waals surface area contributed by atoms with Crippen LogP contribution in [0.4, 0.5) is 0 Å². The second-order valence-corrected chi connectivity index (χ2v) is 5.51. The van der Waals surface area contributed by atoms with E-state index in [0.29, 0.717) is 0 Å². The van der Waals surface area contributed by atoms with Crippen molar-refractivity contribution in [1.82, 2.24) is 0 Å². The molecular weight excluding hydrogens is 280 g/mol. The Morgan fingerprint density at radius 2 is 2.09 bits per heavy atom. The van der Waals surface area contributed by atoms with E-state index in [2.05, 4.69) is 0 Å². The highest BCUT2D eigenvalue weighted by Crippen LogP contribution is 2.23. The molecule has 0 saturated heterocycles. The van der Waals surface area contributed by atoms with Crippen molar-refractivity contribution in [2.24, 2.45) is 5.92 Å². The van der Waals surface area contributed by atoms with Crippen LogP contribution < -0.4 is 0 Å². The van der Waals surface area contributed by atoms with Gasteiger partial charge < -0.3 is 10.1 Å². The summed E-state index contributed by atoms with van der Waals surface area (Å²) in [5.74, 6) is -2.18. The molecule has 114 valence electrons. The summed E-state index contributed by atoms with van der Waals surface area (Å²) in [7, 11) is 0. The molecule has 0 spiro atoms. The van der Waals surface area contributed by atoms with Crippen LogP contribution in [-0.2, 0) is 33.6 Å². The molecule has 1 unspecified atom stereocenters. The highest BCUT2D eigenvalue weighted by molar-refractivity contribution is 6.06. The van der Waals surface area contributed by atoms with Crippen molar-refractivity contribution < 1.29 is 14.3 Å². The summed E-state index contributed by atoms with van der Waals surface area (Å²) < 4.78 is 4.92. The molecule has 5 heteroatoms. The molecule has 0 saturated carbocycles. The van der Waals surface area contributed by atoms with E-state index in [0.717, 1.165) is 24.8 Å². The van der Waals surface area contributed by atoms with E-state index in [4.69, 9.17) is 15.4 Å². The van der Waals surface area contributed by atoms with Crippen molar-refractivity contribution >= 4 is 17.5 Å². The molecule has 1 aromatic rings. The Bertz CT molecular complexity index is 658. The van der Waals surface area contributed by atoms with Crippen LogP contribution in [0.1, 0.15) is 30.0 Å². The summed E-state index contributed by atoms with van der Waals surface area (Å²) in [6.45, 7) is 0.927. The average molecular weight is 298 g/mol. The Hall–Kier alpha value is -2.48. The lowest BCUT2D eigenvalue weighted by Crippen LogP contribution is -2.26. The molecule has 0 amide bonds. The SMILES string of the molecule is CC(=N)C(C#N)C(=O)COC(=O)Cc1ccc2c(c1)CCC2. The number of ketones is 1. The number of nitrogens with zero attached hydrogens (tertiary/aromatic N) is 1. The van der Waals surface area contributed by atoms with E-state index in [1.165, 1.54) is 18.1 Å². The predicted octanol–water partition coefficient (Wildman–Crippen LogP) is 2.01. The van der Waals surface area contributed by atoms with E-state index in [-0.39, 0.29) is 12.1 Å².